The summed E-state index contributed by atoms with van der Waals surface area (Å²) in [4.78, 5) is 12.8. The molecular formula is C14H12N4. The van der Waals surface area contributed by atoms with E-state index < -0.39 is 0 Å². The Balaban J connectivity index is 2.22. The third-order valence-corrected chi connectivity index (χ3v) is 2.96. The highest BCUT2D eigenvalue weighted by Gasteiger charge is 2.08. The van der Waals surface area contributed by atoms with Crippen molar-refractivity contribution < 1.29 is 0 Å². The van der Waals surface area contributed by atoms with Crippen molar-refractivity contribution in [3.63, 3.8) is 0 Å². The van der Waals surface area contributed by atoms with Crippen molar-refractivity contribution in [3.8, 4) is 11.4 Å². The molecule has 0 aliphatic rings. The topological polar surface area (TPSA) is 64.7 Å². The first-order valence-electron chi connectivity index (χ1n) is 5.69. The van der Waals surface area contributed by atoms with Crippen LogP contribution in [0, 0.1) is 6.92 Å². The molecule has 2 aromatic heterocycles. The molecule has 1 aromatic carbocycles. The van der Waals surface area contributed by atoms with Crippen LogP contribution in [0.3, 0.4) is 0 Å². The van der Waals surface area contributed by atoms with Crippen LogP contribution in [0.5, 0.6) is 0 Å². The molecule has 0 fully saturated rings. The van der Waals surface area contributed by atoms with E-state index in [0.717, 1.165) is 27.9 Å². The molecular weight excluding hydrogens is 224 g/mol. The van der Waals surface area contributed by atoms with E-state index in [-0.39, 0.29) is 0 Å². The van der Waals surface area contributed by atoms with Crippen molar-refractivity contribution >= 4 is 16.7 Å². The van der Waals surface area contributed by atoms with E-state index in [1.54, 1.807) is 0 Å². The Kier molecular flexibility index (Phi) is 2.41. The number of hydrogen-bond acceptors (Lipinski definition) is 4. The van der Waals surface area contributed by atoms with Gasteiger partial charge in [0.2, 0.25) is 0 Å². The molecule has 18 heavy (non-hydrogen) atoms. The molecule has 0 amide bonds. The summed E-state index contributed by atoms with van der Waals surface area (Å²) >= 11 is 0. The Labute approximate surface area is 105 Å². The fraction of sp³-hybridized carbons (Fsp3) is 0.0714. The smallest absolute Gasteiger partial charge is 0.130 e. The predicted octanol–water partition coefficient (Wildman–Crippen LogP) is 2.58. The standard InChI is InChI=1S/C14H12N4/c1-9-13(16-8-17-14(9)15)12-7-6-10-4-2-3-5-11(10)18-12/h2-8H,1H3,(H2,15,16,17). The van der Waals surface area contributed by atoms with Gasteiger partial charge < -0.3 is 5.73 Å². The maximum atomic E-state index is 5.79. The van der Waals surface area contributed by atoms with Gasteiger partial charge in [0.25, 0.3) is 0 Å². The monoisotopic (exact) mass is 236 g/mol. The number of benzene rings is 1. The van der Waals surface area contributed by atoms with E-state index in [1.165, 1.54) is 6.33 Å². The molecule has 0 aliphatic heterocycles. The number of para-hydroxylation sites is 1. The Morgan fingerprint density at radius 3 is 2.72 bits per heavy atom. The Hall–Kier alpha value is -2.49. The lowest BCUT2D eigenvalue weighted by Crippen LogP contribution is -1.99. The molecule has 0 bridgehead atoms. The summed E-state index contributed by atoms with van der Waals surface area (Å²) in [5, 5.41) is 1.11. The van der Waals surface area contributed by atoms with Crippen LogP contribution in [0.2, 0.25) is 0 Å². The van der Waals surface area contributed by atoms with E-state index in [9.17, 15) is 0 Å². The minimum Gasteiger partial charge on any atom is -0.383 e. The summed E-state index contributed by atoms with van der Waals surface area (Å²) in [6.07, 6.45) is 1.47. The van der Waals surface area contributed by atoms with Crippen LogP contribution in [-0.2, 0) is 0 Å². The quantitative estimate of drug-likeness (QED) is 0.705. The lowest BCUT2D eigenvalue weighted by Gasteiger charge is -2.06. The molecule has 2 N–H and O–H groups in total. The molecule has 0 aliphatic carbocycles. The SMILES string of the molecule is Cc1c(N)ncnc1-c1ccc2ccccc2n1. The number of rotatable bonds is 1. The average molecular weight is 236 g/mol. The third-order valence-electron chi connectivity index (χ3n) is 2.96. The maximum absolute atomic E-state index is 5.79. The van der Waals surface area contributed by atoms with Gasteiger partial charge in [0.05, 0.1) is 16.9 Å². The van der Waals surface area contributed by atoms with Crippen molar-refractivity contribution in [1.29, 1.82) is 0 Å². The summed E-state index contributed by atoms with van der Waals surface area (Å²) in [6.45, 7) is 1.90. The zero-order valence-corrected chi connectivity index (χ0v) is 9.96. The molecule has 88 valence electrons. The molecule has 3 rings (SSSR count). The zero-order chi connectivity index (χ0) is 12.5. The lowest BCUT2D eigenvalue weighted by molar-refractivity contribution is 1.13. The van der Waals surface area contributed by atoms with Gasteiger partial charge in [-0.15, -0.1) is 0 Å². The molecule has 0 spiro atoms. The van der Waals surface area contributed by atoms with Crippen molar-refractivity contribution in [2.75, 3.05) is 5.73 Å². The number of nitrogen functional groups attached to an aromatic ring is 1. The van der Waals surface area contributed by atoms with Gasteiger partial charge in [-0.25, -0.2) is 15.0 Å². The van der Waals surface area contributed by atoms with Crippen LogP contribution in [0.25, 0.3) is 22.3 Å². The number of fused-ring (bicyclic) bond motifs is 1. The number of nitrogens with two attached hydrogens (primary N) is 1. The van der Waals surface area contributed by atoms with E-state index in [1.807, 2.05) is 43.3 Å². The van der Waals surface area contributed by atoms with Gasteiger partial charge in [-0.05, 0) is 19.1 Å². The van der Waals surface area contributed by atoms with Gasteiger partial charge in [-0.1, -0.05) is 24.3 Å². The van der Waals surface area contributed by atoms with Crippen LogP contribution < -0.4 is 5.73 Å². The number of pyridine rings is 1. The first-order chi connectivity index (χ1) is 8.75. The highest BCUT2D eigenvalue weighted by atomic mass is 14.9. The number of anilines is 1. The average Bonchev–Trinajstić information content (AvgIpc) is 2.41. The Morgan fingerprint density at radius 2 is 1.83 bits per heavy atom. The van der Waals surface area contributed by atoms with Crippen LogP contribution in [0.1, 0.15) is 5.56 Å². The molecule has 4 heteroatoms. The molecule has 3 aromatic rings. The summed E-state index contributed by atoms with van der Waals surface area (Å²) < 4.78 is 0. The van der Waals surface area contributed by atoms with Crippen LogP contribution in [0.4, 0.5) is 5.82 Å². The van der Waals surface area contributed by atoms with E-state index in [4.69, 9.17) is 5.73 Å². The summed E-state index contributed by atoms with van der Waals surface area (Å²) in [5.74, 6) is 0.495. The molecule has 4 nitrogen and oxygen atoms in total. The largest absolute Gasteiger partial charge is 0.383 e. The third kappa shape index (κ3) is 1.68. The minimum absolute atomic E-state index is 0.495. The number of hydrogen-bond donors (Lipinski definition) is 1. The van der Waals surface area contributed by atoms with Crippen LogP contribution in [-0.4, -0.2) is 15.0 Å². The molecule has 0 saturated carbocycles. The Bertz CT molecular complexity index is 722. The van der Waals surface area contributed by atoms with E-state index >= 15 is 0 Å². The second-order valence-corrected chi connectivity index (χ2v) is 4.12. The second kappa shape index (κ2) is 4.07. The van der Waals surface area contributed by atoms with E-state index in [2.05, 4.69) is 15.0 Å². The highest BCUT2D eigenvalue weighted by Crippen LogP contribution is 2.23. The van der Waals surface area contributed by atoms with E-state index in [0.29, 0.717) is 5.82 Å². The van der Waals surface area contributed by atoms with Gasteiger partial charge in [0.1, 0.15) is 12.1 Å². The minimum atomic E-state index is 0.495. The van der Waals surface area contributed by atoms with Crippen LogP contribution in [0.15, 0.2) is 42.7 Å². The highest BCUT2D eigenvalue weighted by molar-refractivity contribution is 5.81. The van der Waals surface area contributed by atoms with Crippen molar-refractivity contribution in [2.45, 2.75) is 6.92 Å². The zero-order valence-electron chi connectivity index (χ0n) is 9.96. The maximum Gasteiger partial charge on any atom is 0.130 e. The molecule has 0 unspecified atom stereocenters. The summed E-state index contributed by atoms with van der Waals surface area (Å²) in [6, 6.07) is 12.0. The van der Waals surface area contributed by atoms with Crippen molar-refractivity contribution in [1.82, 2.24) is 15.0 Å². The Morgan fingerprint density at radius 1 is 1.00 bits per heavy atom. The summed E-state index contributed by atoms with van der Waals surface area (Å²) in [7, 11) is 0. The first kappa shape index (κ1) is 10.7. The predicted molar refractivity (Wildman–Crippen MR) is 71.9 cm³/mol. The number of nitrogens with zero attached hydrogens (tertiary/aromatic N) is 3. The fourth-order valence-corrected chi connectivity index (χ4v) is 1.92. The molecule has 0 atom stereocenters. The first-order valence-corrected chi connectivity index (χ1v) is 5.69. The van der Waals surface area contributed by atoms with Gasteiger partial charge in [0, 0.05) is 10.9 Å². The fourth-order valence-electron chi connectivity index (χ4n) is 1.92. The van der Waals surface area contributed by atoms with Gasteiger partial charge in [-0.3, -0.25) is 0 Å². The second-order valence-electron chi connectivity index (χ2n) is 4.12. The molecule has 0 radical (unpaired) electrons. The van der Waals surface area contributed by atoms with Crippen molar-refractivity contribution in [3.05, 3.63) is 48.3 Å². The van der Waals surface area contributed by atoms with Crippen LogP contribution >= 0.6 is 0 Å². The molecule has 2 heterocycles. The van der Waals surface area contributed by atoms with Gasteiger partial charge >= 0.3 is 0 Å². The van der Waals surface area contributed by atoms with Gasteiger partial charge in [-0.2, -0.15) is 0 Å². The van der Waals surface area contributed by atoms with Crippen molar-refractivity contribution in [2.24, 2.45) is 0 Å². The number of aromatic nitrogens is 3. The summed E-state index contributed by atoms with van der Waals surface area (Å²) in [5.41, 5.74) is 9.21. The van der Waals surface area contributed by atoms with Gasteiger partial charge in [0.15, 0.2) is 0 Å². The normalized spacial score (nSPS) is 10.7. The lowest BCUT2D eigenvalue weighted by atomic mass is 10.1. The molecule has 0 saturated heterocycles.